The predicted octanol–water partition coefficient (Wildman–Crippen LogP) is 2.45. The molecular weight excluding hydrogens is 382 g/mol. The first-order chi connectivity index (χ1) is 14.6. The molecule has 0 aromatic carbocycles. The molecular formula is C22H31N5O3. The van der Waals surface area contributed by atoms with Crippen molar-refractivity contribution >= 4 is 5.52 Å². The molecule has 30 heavy (non-hydrogen) atoms. The SMILES string of the molecule is COC=CC=C(C)CN1CC(C)C(c2nn3c(C4CCOCC4)ncc3c(=O)[nH]2)C1. The van der Waals surface area contributed by atoms with Crippen molar-refractivity contribution in [2.45, 2.75) is 38.5 Å². The summed E-state index contributed by atoms with van der Waals surface area (Å²) in [4.78, 5) is 22.7. The molecule has 162 valence electrons. The summed E-state index contributed by atoms with van der Waals surface area (Å²) in [6.07, 6.45) is 9.13. The van der Waals surface area contributed by atoms with Crippen molar-refractivity contribution < 1.29 is 9.47 Å². The fourth-order valence-electron chi connectivity index (χ4n) is 4.57. The number of nitrogens with one attached hydrogen (secondary N) is 1. The zero-order valence-corrected chi connectivity index (χ0v) is 18.0. The van der Waals surface area contributed by atoms with Crippen molar-refractivity contribution in [2.24, 2.45) is 5.92 Å². The summed E-state index contributed by atoms with van der Waals surface area (Å²) in [7, 11) is 1.64. The first kappa shape index (κ1) is 20.8. The summed E-state index contributed by atoms with van der Waals surface area (Å²) in [5.74, 6) is 2.52. The largest absolute Gasteiger partial charge is 0.504 e. The van der Waals surface area contributed by atoms with Gasteiger partial charge in [-0.2, -0.15) is 5.10 Å². The second kappa shape index (κ2) is 9.14. The summed E-state index contributed by atoms with van der Waals surface area (Å²) in [6, 6.07) is 0. The number of aromatic amines is 1. The smallest absolute Gasteiger partial charge is 0.276 e. The quantitative estimate of drug-likeness (QED) is 0.578. The fourth-order valence-corrected chi connectivity index (χ4v) is 4.57. The van der Waals surface area contributed by atoms with E-state index in [-0.39, 0.29) is 17.4 Å². The molecule has 2 aromatic heterocycles. The summed E-state index contributed by atoms with van der Waals surface area (Å²) >= 11 is 0. The number of H-pyrrole nitrogens is 1. The zero-order valence-electron chi connectivity index (χ0n) is 18.0. The number of hydrogen-bond donors (Lipinski definition) is 1. The summed E-state index contributed by atoms with van der Waals surface area (Å²) in [5.41, 5.74) is 1.67. The Morgan fingerprint density at radius 1 is 1.37 bits per heavy atom. The highest BCUT2D eigenvalue weighted by Gasteiger charge is 2.33. The van der Waals surface area contributed by atoms with Crippen molar-refractivity contribution in [3.63, 3.8) is 0 Å². The maximum atomic E-state index is 12.7. The highest BCUT2D eigenvalue weighted by atomic mass is 16.5. The van der Waals surface area contributed by atoms with E-state index in [0.717, 1.165) is 57.3 Å². The van der Waals surface area contributed by atoms with Crippen LogP contribution in [0.25, 0.3) is 5.52 Å². The van der Waals surface area contributed by atoms with Gasteiger partial charge in [0.1, 0.15) is 11.6 Å². The van der Waals surface area contributed by atoms with E-state index in [0.29, 0.717) is 11.4 Å². The molecule has 4 heterocycles. The second-order valence-corrected chi connectivity index (χ2v) is 8.49. The van der Waals surface area contributed by atoms with E-state index in [1.807, 2.05) is 6.08 Å². The Morgan fingerprint density at radius 2 is 2.17 bits per heavy atom. The molecule has 2 aliphatic rings. The number of hydrogen-bond acceptors (Lipinski definition) is 6. The molecule has 0 aliphatic carbocycles. The van der Waals surface area contributed by atoms with Gasteiger partial charge in [0.2, 0.25) is 0 Å². The van der Waals surface area contributed by atoms with Gasteiger partial charge in [0, 0.05) is 44.7 Å². The lowest BCUT2D eigenvalue weighted by Crippen LogP contribution is -2.25. The molecule has 8 heteroatoms. The molecule has 4 rings (SSSR count). The van der Waals surface area contributed by atoms with E-state index >= 15 is 0 Å². The zero-order chi connectivity index (χ0) is 21.1. The molecule has 0 bridgehead atoms. The van der Waals surface area contributed by atoms with E-state index in [4.69, 9.17) is 14.6 Å². The minimum atomic E-state index is -0.114. The number of fused-ring (bicyclic) bond motifs is 1. The molecule has 2 unspecified atom stereocenters. The Morgan fingerprint density at radius 3 is 2.93 bits per heavy atom. The van der Waals surface area contributed by atoms with Crippen molar-refractivity contribution in [3.05, 3.63) is 52.2 Å². The molecule has 8 nitrogen and oxygen atoms in total. The van der Waals surface area contributed by atoms with Gasteiger partial charge in [0.25, 0.3) is 5.56 Å². The van der Waals surface area contributed by atoms with E-state index in [9.17, 15) is 4.79 Å². The summed E-state index contributed by atoms with van der Waals surface area (Å²) in [6.45, 7) is 8.55. The average Bonchev–Trinajstić information content (AvgIpc) is 3.32. The Kier molecular flexibility index (Phi) is 6.34. The van der Waals surface area contributed by atoms with Crippen molar-refractivity contribution in [1.82, 2.24) is 24.5 Å². The molecule has 2 aromatic rings. The molecule has 0 saturated carbocycles. The van der Waals surface area contributed by atoms with Crippen LogP contribution in [0.1, 0.15) is 50.2 Å². The van der Waals surface area contributed by atoms with Gasteiger partial charge >= 0.3 is 0 Å². The molecule has 0 amide bonds. The van der Waals surface area contributed by atoms with Crippen LogP contribution in [0.3, 0.4) is 0 Å². The van der Waals surface area contributed by atoms with Crippen LogP contribution in [-0.2, 0) is 9.47 Å². The third-order valence-corrected chi connectivity index (χ3v) is 6.14. The lowest BCUT2D eigenvalue weighted by molar-refractivity contribution is 0.0832. The van der Waals surface area contributed by atoms with Crippen LogP contribution in [0.5, 0.6) is 0 Å². The standard InChI is InChI=1S/C22H31N5O3/c1-15(5-4-8-29-3)12-26-13-16(2)18(14-26)20-24-22(28)19-11-23-21(27(19)25-20)17-6-9-30-10-7-17/h4-5,8,11,16-18H,6-7,9-10,12-14H2,1-3H3,(H,24,25,28). The summed E-state index contributed by atoms with van der Waals surface area (Å²) in [5, 5.41) is 4.87. The average molecular weight is 414 g/mol. The van der Waals surface area contributed by atoms with Gasteiger partial charge in [-0.1, -0.05) is 18.6 Å². The molecule has 2 fully saturated rings. The highest BCUT2D eigenvalue weighted by Crippen LogP contribution is 2.31. The Balaban J connectivity index is 1.56. The van der Waals surface area contributed by atoms with Crippen LogP contribution in [0.15, 0.2) is 35.0 Å². The molecule has 2 atom stereocenters. The normalized spacial score (nSPS) is 24.3. The lowest BCUT2D eigenvalue weighted by Gasteiger charge is -2.21. The highest BCUT2D eigenvalue weighted by molar-refractivity contribution is 5.42. The Labute approximate surface area is 176 Å². The molecule has 1 N–H and O–H groups in total. The number of methoxy groups -OCH3 is 1. The Bertz CT molecular complexity index is 986. The van der Waals surface area contributed by atoms with Crippen molar-refractivity contribution in [3.8, 4) is 0 Å². The van der Waals surface area contributed by atoms with Crippen LogP contribution >= 0.6 is 0 Å². The number of aromatic nitrogens is 4. The third-order valence-electron chi connectivity index (χ3n) is 6.14. The fraction of sp³-hybridized carbons (Fsp3) is 0.591. The number of imidazole rings is 1. The third kappa shape index (κ3) is 4.34. The summed E-state index contributed by atoms with van der Waals surface area (Å²) < 4.78 is 12.2. The predicted molar refractivity (Wildman–Crippen MR) is 115 cm³/mol. The van der Waals surface area contributed by atoms with Gasteiger partial charge in [-0.05, 0) is 31.8 Å². The van der Waals surface area contributed by atoms with E-state index in [2.05, 4.69) is 34.8 Å². The maximum absolute atomic E-state index is 12.7. The maximum Gasteiger partial charge on any atom is 0.276 e. The van der Waals surface area contributed by atoms with Gasteiger partial charge in [-0.15, -0.1) is 0 Å². The number of nitrogens with zero attached hydrogens (tertiary/aromatic N) is 4. The van der Waals surface area contributed by atoms with Gasteiger partial charge in [0.15, 0.2) is 5.52 Å². The number of allylic oxidation sites excluding steroid dienone is 2. The molecule has 2 saturated heterocycles. The van der Waals surface area contributed by atoms with E-state index in [1.54, 1.807) is 24.1 Å². The van der Waals surface area contributed by atoms with Crippen LogP contribution in [0.4, 0.5) is 0 Å². The van der Waals surface area contributed by atoms with Gasteiger partial charge in [0.05, 0.1) is 19.6 Å². The van der Waals surface area contributed by atoms with E-state index in [1.165, 1.54) is 5.57 Å². The van der Waals surface area contributed by atoms with E-state index < -0.39 is 0 Å². The van der Waals surface area contributed by atoms with Crippen LogP contribution in [0.2, 0.25) is 0 Å². The topological polar surface area (TPSA) is 84.8 Å². The van der Waals surface area contributed by atoms with Crippen LogP contribution < -0.4 is 5.56 Å². The molecule has 0 radical (unpaired) electrons. The minimum absolute atomic E-state index is 0.114. The molecule has 2 aliphatic heterocycles. The van der Waals surface area contributed by atoms with Gasteiger partial charge < -0.3 is 14.5 Å². The second-order valence-electron chi connectivity index (χ2n) is 8.49. The first-order valence-corrected chi connectivity index (χ1v) is 10.7. The minimum Gasteiger partial charge on any atom is -0.504 e. The van der Waals surface area contributed by atoms with Crippen LogP contribution in [-0.4, -0.2) is 64.4 Å². The van der Waals surface area contributed by atoms with Crippen LogP contribution in [0, 0.1) is 5.92 Å². The van der Waals surface area contributed by atoms with Crippen molar-refractivity contribution in [2.75, 3.05) is 40.0 Å². The number of rotatable bonds is 6. The van der Waals surface area contributed by atoms with Crippen molar-refractivity contribution in [1.29, 1.82) is 0 Å². The Hall–Kier alpha value is -2.45. The van der Waals surface area contributed by atoms with Gasteiger partial charge in [-0.25, -0.2) is 9.50 Å². The van der Waals surface area contributed by atoms with Gasteiger partial charge in [-0.3, -0.25) is 9.69 Å². The number of likely N-dealkylation sites (tertiary alicyclic amines) is 1. The molecule has 0 spiro atoms. The first-order valence-electron chi connectivity index (χ1n) is 10.7. The lowest BCUT2D eigenvalue weighted by atomic mass is 9.97. The monoisotopic (exact) mass is 413 g/mol. The number of ether oxygens (including phenoxy) is 2.